The molecular formula is C24H29N3O3. The summed E-state index contributed by atoms with van der Waals surface area (Å²) in [5.41, 5.74) is 1.80. The van der Waals surface area contributed by atoms with Crippen molar-refractivity contribution in [3.8, 4) is 0 Å². The van der Waals surface area contributed by atoms with Gasteiger partial charge >= 0.3 is 6.03 Å². The summed E-state index contributed by atoms with van der Waals surface area (Å²) in [6.07, 6.45) is 1.64. The van der Waals surface area contributed by atoms with Gasteiger partial charge in [-0.25, -0.2) is 4.79 Å². The van der Waals surface area contributed by atoms with Crippen LogP contribution in [0.4, 0.5) is 4.79 Å². The lowest BCUT2D eigenvalue weighted by Crippen LogP contribution is -2.42. The summed E-state index contributed by atoms with van der Waals surface area (Å²) in [5, 5.41) is 2.81. The normalized spacial score (nSPS) is 14.2. The van der Waals surface area contributed by atoms with Crippen LogP contribution in [0.3, 0.4) is 0 Å². The lowest BCUT2D eigenvalue weighted by molar-refractivity contribution is -0.132. The third-order valence-electron chi connectivity index (χ3n) is 5.50. The number of rotatable bonds is 7. The number of nitrogens with one attached hydrogen (secondary N) is 1. The van der Waals surface area contributed by atoms with Gasteiger partial charge in [0, 0.05) is 51.1 Å². The van der Waals surface area contributed by atoms with Gasteiger partial charge in [-0.3, -0.25) is 9.59 Å². The number of carbonyl (C=O) groups excluding carboxylic acids is 3. The van der Waals surface area contributed by atoms with E-state index in [2.05, 4.69) is 5.32 Å². The first-order valence-electron chi connectivity index (χ1n) is 10.4. The van der Waals surface area contributed by atoms with Crippen LogP contribution in [0.25, 0.3) is 0 Å². The first-order chi connectivity index (χ1) is 14.5. The number of ketones is 1. The van der Waals surface area contributed by atoms with Gasteiger partial charge in [-0.1, -0.05) is 60.7 Å². The number of hydrogen-bond acceptors (Lipinski definition) is 3. The molecule has 0 spiro atoms. The van der Waals surface area contributed by atoms with Gasteiger partial charge < -0.3 is 15.1 Å². The van der Waals surface area contributed by atoms with Gasteiger partial charge in [0.2, 0.25) is 5.91 Å². The van der Waals surface area contributed by atoms with Crippen molar-refractivity contribution >= 4 is 17.7 Å². The average Bonchev–Trinajstić information content (AvgIpc) is 2.79. The van der Waals surface area contributed by atoms with E-state index in [9.17, 15) is 14.4 Å². The van der Waals surface area contributed by atoms with Crippen molar-refractivity contribution in [1.29, 1.82) is 0 Å². The second kappa shape index (κ2) is 10.6. The monoisotopic (exact) mass is 407 g/mol. The molecule has 3 rings (SSSR count). The summed E-state index contributed by atoms with van der Waals surface area (Å²) in [7, 11) is 1.73. The molecule has 0 radical (unpaired) electrons. The Hall–Kier alpha value is -3.15. The number of likely N-dealkylation sites (tertiary alicyclic amines) is 1. The van der Waals surface area contributed by atoms with Crippen molar-refractivity contribution in [3.05, 3.63) is 71.8 Å². The van der Waals surface area contributed by atoms with Crippen LogP contribution in [0, 0.1) is 5.92 Å². The van der Waals surface area contributed by atoms with Crippen molar-refractivity contribution < 1.29 is 14.4 Å². The number of nitrogens with zero attached hydrogens (tertiary/aromatic N) is 2. The first kappa shape index (κ1) is 21.6. The molecule has 1 saturated heterocycles. The van der Waals surface area contributed by atoms with E-state index in [-0.39, 0.29) is 30.1 Å². The van der Waals surface area contributed by atoms with Crippen LogP contribution in [0.2, 0.25) is 0 Å². The van der Waals surface area contributed by atoms with E-state index in [1.165, 1.54) is 0 Å². The van der Waals surface area contributed by atoms with E-state index >= 15 is 0 Å². The molecular weight excluding hydrogens is 378 g/mol. The fraction of sp³-hybridized carbons (Fsp3) is 0.375. The second-order valence-corrected chi connectivity index (χ2v) is 7.71. The molecule has 1 N–H and O–H groups in total. The first-order valence-corrected chi connectivity index (χ1v) is 10.4. The van der Waals surface area contributed by atoms with E-state index in [1.807, 2.05) is 60.7 Å². The maximum Gasteiger partial charge on any atom is 0.317 e. The molecule has 1 heterocycles. The molecule has 0 unspecified atom stereocenters. The summed E-state index contributed by atoms with van der Waals surface area (Å²) >= 11 is 0. The third-order valence-corrected chi connectivity index (χ3v) is 5.50. The van der Waals surface area contributed by atoms with Crippen LogP contribution in [-0.4, -0.2) is 54.2 Å². The van der Waals surface area contributed by atoms with E-state index in [0.29, 0.717) is 39.0 Å². The number of Topliss-reactive ketones (excluding diaryl/α,β-unsaturated/α-hetero) is 1. The Kier molecular flexibility index (Phi) is 7.60. The summed E-state index contributed by atoms with van der Waals surface area (Å²) < 4.78 is 0. The smallest absolute Gasteiger partial charge is 0.317 e. The number of hydrogen-bond donors (Lipinski definition) is 1. The Bertz CT molecular complexity index is 847. The van der Waals surface area contributed by atoms with Crippen LogP contribution >= 0.6 is 0 Å². The molecule has 3 amide bonds. The maximum absolute atomic E-state index is 12.6. The lowest BCUT2D eigenvalue weighted by atomic mass is 9.89. The zero-order valence-electron chi connectivity index (χ0n) is 17.4. The molecule has 0 aromatic heterocycles. The van der Waals surface area contributed by atoms with Crippen LogP contribution in [0.15, 0.2) is 60.7 Å². The highest BCUT2D eigenvalue weighted by Crippen LogP contribution is 2.22. The second-order valence-electron chi connectivity index (χ2n) is 7.71. The molecule has 6 nitrogen and oxygen atoms in total. The molecule has 0 saturated carbocycles. The number of carbonyl (C=O) groups is 3. The molecule has 30 heavy (non-hydrogen) atoms. The molecule has 2 aromatic carbocycles. The van der Waals surface area contributed by atoms with Gasteiger partial charge in [0.25, 0.3) is 0 Å². The molecule has 1 aliphatic heterocycles. The Morgan fingerprint density at radius 3 is 2.20 bits per heavy atom. The SMILES string of the molecule is CN(Cc1ccccc1)C(=O)NCCC(=O)N1CCC(C(=O)c2ccccc2)CC1. The Morgan fingerprint density at radius 1 is 0.967 bits per heavy atom. The van der Waals surface area contributed by atoms with E-state index in [4.69, 9.17) is 0 Å². The molecule has 0 aliphatic carbocycles. The van der Waals surface area contributed by atoms with Crippen molar-refractivity contribution in [2.45, 2.75) is 25.8 Å². The summed E-state index contributed by atoms with van der Waals surface area (Å²) in [6.45, 7) is 2.00. The van der Waals surface area contributed by atoms with Gasteiger partial charge in [-0.15, -0.1) is 0 Å². The maximum atomic E-state index is 12.6. The predicted molar refractivity (Wildman–Crippen MR) is 116 cm³/mol. The molecule has 2 aromatic rings. The van der Waals surface area contributed by atoms with Gasteiger partial charge in [-0.05, 0) is 18.4 Å². The minimum Gasteiger partial charge on any atom is -0.343 e. The van der Waals surface area contributed by atoms with Crippen LogP contribution in [0.5, 0.6) is 0 Å². The quantitative estimate of drug-likeness (QED) is 0.716. The Balaban J connectivity index is 1.36. The summed E-state index contributed by atoms with van der Waals surface area (Å²) in [5.74, 6) is 0.158. The van der Waals surface area contributed by atoms with Crippen molar-refractivity contribution in [2.75, 3.05) is 26.7 Å². The van der Waals surface area contributed by atoms with E-state index in [1.54, 1.807) is 16.8 Å². The van der Waals surface area contributed by atoms with Crippen molar-refractivity contribution in [2.24, 2.45) is 5.92 Å². The zero-order chi connectivity index (χ0) is 21.3. The van der Waals surface area contributed by atoms with Gasteiger partial charge in [0.15, 0.2) is 5.78 Å². The standard InChI is InChI=1S/C24H29N3O3/c1-26(18-19-8-4-2-5-9-19)24(30)25-15-12-22(28)27-16-13-21(14-17-27)23(29)20-10-6-3-7-11-20/h2-11,21H,12-18H2,1H3,(H,25,30). The van der Waals surface area contributed by atoms with Crippen LogP contribution < -0.4 is 5.32 Å². The topological polar surface area (TPSA) is 69.7 Å². The minimum absolute atomic E-state index is 0.0200. The average molecular weight is 408 g/mol. The number of piperidine rings is 1. The largest absolute Gasteiger partial charge is 0.343 e. The highest BCUT2D eigenvalue weighted by Gasteiger charge is 2.27. The zero-order valence-corrected chi connectivity index (χ0v) is 17.4. The van der Waals surface area contributed by atoms with Crippen LogP contribution in [0.1, 0.15) is 35.2 Å². The van der Waals surface area contributed by atoms with Gasteiger partial charge in [0.1, 0.15) is 0 Å². The molecule has 0 atom stereocenters. The summed E-state index contributed by atoms with van der Waals surface area (Å²) in [4.78, 5) is 40.6. The number of urea groups is 1. The highest BCUT2D eigenvalue weighted by atomic mass is 16.2. The summed E-state index contributed by atoms with van der Waals surface area (Å²) in [6, 6.07) is 18.9. The highest BCUT2D eigenvalue weighted by molar-refractivity contribution is 5.98. The third kappa shape index (κ3) is 5.92. The number of amides is 3. The fourth-order valence-electron chi connectivity index (χ4n) is 3.73. The lowest BCUT2D eigenvalue weighted by Gasteiger charge is -2.31. The molecule has 0 bridgehead atoms. The number of benzene rings is 2. The molecule has 1 fully saturated rings. The van der Waals surface area contributed by atoms with E-state index < -0.39 is 0 Å². The van der Waals surface area contributed by atoms with Crippen molar-refractivity contribution in [3.63, 3.8) is 0 Å². The van der Waals surface area contributed by atoms with Crippen molar-refractivity contribution in [1.82, 2.24) is 15.1 Å². The van der Waals surface area contributed by atoms with Crippen LogP contribution in [-0.2, 0) is 11.3 Å². The molecule has 6 heteroatoms. The Morgan fingerprint density at radius 2 is 1.57 bits per heavy atom. The molecule has 1 aliphatic rings. The van der Waals surface area contributed by atoms with Gasteiger partial charge in [0.05, 0.1) is 0 Å². The fourth-order valence-corrected chi connectivity index (χ4v) is 3.73. The molecule has 158 valence electrons. The van der Waals surface area contributed by atoms with Gasteiger partial charge in [-0.2, -0.15) is 0 Å². The van der Waals surface area contributed by atoms with E-state index in [0.717, 1.165) is 11.1 Å². The predicted octanol–water partition coefficient (Wildman–Crippen LogP) is 3.34. The minimum atomic E-state index is -0.196. The Labute approximate surface area is 177 Å².